The van der Waals surface area contributed by atoms with E-state index in [1.165, 1.54) is 0 Å². The van der Waals surface area contributed by atoms with Crippen molar-refractivity contribution < 1.29 is 19.4 Å². The van der Waals surface area contributed by atoms with Crippen LogP contribution in [0.25, 0.3) is 0 Å². The van der Waals surface area contributed by atoms with E-state index in [0.717, 1.165) is 5.56 Å². The largest absolute Gasteiger partial charge is 0.493 e. The van der Waals surface area contributed by atoms with Crippen molar-refractivity contribution in [3.63, 3.8) is 0 Å². The number of rotatable bonds is 6. The van der Waals surface area contributed by atoms with E-state index in [4.69, 9.17) is 21.4 Å². The van der Waals surface area contributed by atoms with Crippen LogP contribution in [0.15, 0.2) is 18.2 Å². The molecule has 108 valence electrons. The second-order valence-electron chi connectivity index (χ2n) is 4.69. The molecule has 1 aliphatic carbocycles. The van der Waals surface area contributed by atoms with Crippen LogP contribution in [0, 0.1) is 11.8 Å². The van der Waals surface area contributed by atoms with Crippen LogP contribution in [0.2, 0.25) is 5.02 Å². The quantitative estimate of drug-likeness (QED) is 0.843. The van der Waals surface area contributed by atoms with Gasteiger partial charge in [0, 0.05) is 17.1 Å². The molecule has 2 rings (SSSR count). The Labute approximate surface area is 121 Å². The number of nitrogens with one attached hydrogen (secondary N) is 1. The van der Waals surface area contributed by atoms with Crippen LogP contribution in [0.1, 0.15) is 18.9 Å². The summed E-state index contributed by atoms with van der Waals surface area (Å²) in [7, 11) is 0. The van der Waals surface area contributed by atoms with Crippen molar-refractivity contribution in [2.45, 2.75) is 19.9 Å². The van der Waals surface area contributed by atoms with E-state index in [-0.39, 0.29) is 5.91 Å². The lowest BCUT2D eigenvalue weighted by Gasteiger charge is -2.11. The van der Waals surface area contributed by atoms with Crippen molar-refractivity contribution in [3.05, 3.63) is 28.8 Å². The second kappa shape index (κ2) is 6.13. The maximum absolute atomic E-state index is 11.8. The van der Waals surface area contributed by atoms with Crippen LogP contribution in [0.3, 0.4) is 0 Å². The molecular formula is C14H16ClNO4. The number of ether oxygens (including phenoxy) is 1. The van der Waals surface area contributed by atoms with E-state index in [1.54, 1.807) is 18.2 Å². The predicted molar refractivity (Wildman–Crippen MR) is 73.7 cm³/mol. The molecule has 0 aliphatic heterocycles. The van der Waals surface area contributed by atoms with Crippen LogP contribution in [-0.2, 0) is 16.1 Å². The lowest BCUT2D eigenvalue weighted by Crippen LogP contribution is -2.26. The minimum Gasteiger partial charge on any atom is -0.493 e. The zero-order valence-electron chi connectivity index (χ0n) is 11.1. The summed E-state index contributed by atoms with van der Waals surface area (Å²) in [6.07, 6.45) is 0.417. The Balaban J connectivity index is 1.94. The third-order valence-corrected chi connectivity index (χ3v) is 3.46. The normalized spacial score (nSPS) is 20.3. The SMILES string of the molecule is CCOc1cc(Cl)ccc1CNC(=O)C1CC1C(=O)O. The smallest absolute Gasteiger partial charge is 0.307 e. The van der Waals surface area contributed by atoms with Crippen LogP contribution < -0.4 is 10.1 Å². The molecule has 1 amide bonds. The molecule has 0 saturated heterocycles. The summed E-state index contributed by atoms with van der Waals surface area (Å²) < 4.78 is 5.46. The van der Waals surface area contributed by atoms with E-state index in [9.17, 15) is 9.59 Å². The van der Waals surface area contributed by atoms with Gasteiger partial charge in [0.1, 0.15) is 5.75 Å². The minimum atomic E-state index is -0.911. The van der Waals surface area contributed by atoms with E-state index >= 15 is 0 Å². The maximum Gasteiger partial charge on any atom is 0.307 e. The molecule has 1 aliphatic rings. The van der Waals surface area contributed by atoms with Gasteiger partial charge >= 0.3 is 5.97 Å². The number of halogens is 1. The van der Waals surface area contributed by atoms with Crippen LogP contribution in [0.5, 0.6) is 5.75 Å². The first-order valence-corrected chi connectivity index (χ1v) is 6.82. The lowest BCUT2D eigenvalue weighted by molar-refractivity contribution is -0.140. The van der Waals surface area contributed by atoms with Crippen molar-refractivity contribution in [1.29, 1.82) is 0 Å². The topological polar surface area (TPSA) is 75.6 Å². The summed E-state index contributed by atoms with van der Waals surface area (Å²) in [5.41, 5.74) is 0.817. The standard InChI is InChI=1S/C14H16ClNO4/c1-2-20-12-5-9(15)4-3-8(12)7-16-13(17)10-6-11(10)14(18)19/h3-5,10-11H,2,6-7H2,1H3,(H,16,17)(H,18,19). The van der Waals surface area contributed by atoms with E-state index in [2.05, 4.69) is 5.32 Å². The molecule has 0 heterocycles. The second-order valence-corrected chi connectivity index (χ2v) is 5.13. The summed E-state index contributed by atoms with van der Waals surface area (Å²) in [5, 5.41) is 12.1. The highest BCUT2D eigenvalue weighted by atomic mass is 35.5. The number of amides is 1. The highest BCUT2D eigenvalue weighted by Gasteiger charge is 2.48. The minimum absolute atomic E-state index is 0.227. The molecule has 0 spiro atoms. The highest BCUT2D eigenvalue weighted by molar-refractivity contribution is 6.30. The molecule has 5 nitrogen and oxygen atoms in total. The molecule has 0 bridgehead atoms. The van der Waals surface area contributed by atoms with E-state index in [1.807, 2.05) is 6.92 Å². The average molecular weight is 298 g/mol. The first kappa shape index (κ1) is 14.7. The van der Waals surface area contributed by atoms with Gasteiger partial charge in [0.05, 0.1) is 18.4 Å². The van der Waals surface area contributed by atoms with Crippen molar-refractivity contribution in [3.8, 4) is 5.75 Å². The Morgan fingerprint density at radius 3 is 2.80 bits per heavy atom. The molecule has 2 atom stereocenters. The monoisotopic (exact) mass is 297 g/mol. The number of carbonyl (C=O) groups is 2. The van der Waals surface area contributed by atoms with Crippen LogP contribution >= 0.6 is 11.6 Å². The van der Waals surface area contributed by atoms with Gasteiger partial charge in [-0.25, -0.2) is 0 Å². The summed E-state index contributed by atoms with van der Waals surface area (Å²) in [5.74, 6) is -1.45. The molecule has 20 heavy (non-hydrogen) atoms. The van der Waals surface area contributed by atoms with Crippen LogP contribution in [-0.4, -0.2) is 23.6 Å². The molecule has 1 fully saturated rings. The number of carbonyl (C=O) groups excluding carboxylic acids is 1. The zero-order valence-corrected chi connectivity index (χ0v) is 11.8. The summed E-state index contributed by atoms with van der Waals surface area (Å²) in [4.78, 5) is 22.5. The number of carboxylic acid groups (broad SMARTS) is 1. The predicted octanol–water partition coefficient (Wildman–Crippen LogP) is 2.08. The Bertz CT molecular complexity index is 532. The van der Waals surface area contributed by atoms with Gasteiger partial charge in [-0.3, -0.25) is 9.59 Å². The maximum atomic E-state index is 11.8. The Hall–Kier alpha value is -1.75. The third-order valence-electron chi connectivity index (χ3n) is 3.23. The van der Waals surface area contributed by atoms with Crippen LogP contribution in [0.4, 0.5) is 0 Å². The number of aliphatic carboxylic acids is 1. The van der Waals surface area contributed by atoms with Gasteiger partial charge in [0.25, 0.3) is 0 Å². The van der Waals surface area contributed by atoms with Gasteiger partial charge in [-0.2, -0.15) is 0 Å². The highest BCUT2D eigenvalue weighted by Crippen LogP contribution is 2.38. The fourth-order valence-corrected chi connectivity index (χ4v) is 2.20. The third kappa shape index (κ3) is 3.42. The summed E-state index contributed by atoms with van der Waals surface area (Å²) in [6.45, 7) is 2.67. The van der Waals surface area contributed by atoms with Crippen molar-refractivity contribution >= 4 is 23.5 Å². The zero-order chi connectivity index (χ0) is 14.7. The molecule has 1 aromatic carbocycles. The van der Waals surface area contributed by atoms with Gasteiger partial charge in [-0.15, -0.1) is 0 Å². The molecule has 6 heteroatoms. The lowest BCUT2D eigenvalue weighted by atomic mass is 10.2. The van der Waals surface area contributed by atoms with Gasteiger partial charge in [0.15, 0.2) is 0 Å². The molecule has 0 radical (unpaired) electrons. The van der Waals surface area contributed by atoms with Gasteiger partial charge < -0.3 is 15.2 Å². The molecule has 0 aromatic heterocycles. The van der Waals surface area contributed by atoms with Crippen molar-refractivity contribution in [2.75, 3.05) is 6.61 Å². The summed E-state index contributed by atoms with van der Waals surface area (Å²) in [6, 6.07) is 5.21. The average Bonchev–Trinajstić information content (AvgIpc) is 3.18. The molecular weight excluding hydrogens is 282 g/mol. The number of hydrogen-bond acceptors (Lipinski definition) is 3. The first-order valence-electron chi connectivity index (χ1n) is 6.44. The Kier molecular flexibility index (Phi) is 4.49. The molecule has 2 N–H and O–H groups in total. The van der Waals surface area contributed by atoms with Gasteiger partial charge in [0.2, 0.25) is 5.91 Å². The summed E-state index contributed by atoms with van der Waals surface area (Å²) >= 11 is 5.90. The number of hydrogen-bond donors (Lipinski definition) is 2. The van der Waals surface area contributed by atoms with E-state index in [0.29, 0.717) is 30.3 Å². The van der Waals surface area contributed by atoms with Gasteiger partial charge in [-0.05, 0) is 25.5 Å². The molecule has 1 saturated carbocycles. The molecule has 2 unspecified atom stereocenters. The number of carboxylic acids is 1. The van der Waals surface area contributed by atoms with Crippen molar-refractivity contribution in [2.24, 2.45) is 11.8 Å². The number of benzene rings is 1. The first-order chi connectivity index (χ1) is 9.52. The fraction of sp³-hybridized carbons (Fsp3) is 0.429. The fourth-order valence-electron chi connectivity index (χ4n) is 2.04. The van der Waals surface area contributed by atoms with Gasteiger partial charge in [-0.1, -0.05) is 17.7 Å². The Morgan fingerprint density at radius 1 is 1.45 bits per heavy atom. The van der Waals surface area contributed by atoms with Crippen molar-refractivity contribution in [1.82, 2.24) is 5.32 Å². The molecule has 1 aromatic rings. The Morgan fingerprint density at radius 2 is 2.20 bits per heavy atom. The van der Waals surface area contributed by atoms with E-state index < -0.39 is 17.8 Å².